The van der Waals surface area contributed by atoms with E-state index in [1.54, 1.807) is 0 Å². The normalized spacial score (nSPS) is 32.8. The van der Waals surface area contributed by atoms with Crippen LogP contribution in [0.2, 0.25) is 0 Å². The van der Waals surface area contributed by atoms with Crippen LogP contribution in [0.15, 0.2) is 0 Å². The lowest BCUT2D eigenvalue weighted by Gasteiger charge is -2.41. The summed E-state index contributed by atoms with van der Waals surface area (Å²) >= 11 is 0. The Morgan fingerprint density at radius 2 is 2.06 bits per heavy atom. The molecule has 1 heterocycles. The lowest BCUT2D eigenvalue weighted by Crippen LogP contribution is -2.53. The second-order valence-corrected chi connectivity index (χ2v) is 6.29. The highest BCUT2D eigenvalue weighted by atomic mass is 16.2. The first kappa shape index (κ1) is 12.9. The van der Waals surface area contributed by atoms with E-state index < -0.39 is 0 Å². The van der Waals surface area contributed by atoms with Gasteiger partial charge in [-0.2, -0.15) is 0 Å². The number of carbonyl (C=O) groups is 1. The molecule has 1 amide bonds. The molecular weight excluding hydrogens is 212 g/mol. The predicted molar refractivity (Wildman–Crippen MR) is 69.5 cm³/mol. The molecule has 0 aromatic rings. The number of likely N-dealkylation sites (tertiary alicyclic amines) is 1. The minimum Gasteiger partial charge on any atom is -0.338 e. The molecule has 2 aliphatic rings. The molecule has 3 heteroatoms. The standard InChI is InChI=1S/C14H26N2O/c1-11-5-8-16(12(9-11)10-15)13(17)14(2)6-3-4-7-14/h11-12H,3-10,15H2,1-2H3. The van der Waals surface area contributed by atoms with Gasteiger partial charge in [-0.15, -0.1) is 0 Å². The maximum Gasteiger partial charge on any atom is 0.228 e. The zero-order valence-corrected chi connectivity index (χ0v) is 11.2. The van der Waals surface area contributed by atoms with Gasteiger partial charge < -0.3 is 10.6 Å². The van der Waals surface area contributed by atoms with Crippen LogP contribution in [-0.4, -0.2) is 29.9 Å². The Bertz CT molecular complexity index is 284. The topological polar surface area (TPSA) is 46.3 Å². The first-order valence-corrected chi connectivity index (χ1v) is 7.08. The molecule has 2 N–H and O–H groups in total. The Balaban J connectivity index is 2.07. The fourth-order valence-electron chi connectivity index (χ4n) is 3.46. The quantitative estimate of drug-likeness (QED) is 0.801. The Morgan fingerprint density at radius 3 is 2.65 bits per heavy atom. The van der Waals surface area contributed by atoms with Crippen LogP contribution in [0.25, 0.3) is 0 Å². The first-order valence-electron chi connectivity index (χ1n) is 7.08. The average molecular weight is 238 g/mol. The number of nitrogens with zero attached hydrogens (tertiary/aromatic N) is 1. The molecule has 0 bridgehead atoms. The number of carbonyl (C=O) groups excluding carboxylic acids is 1. The SMILES string of the molecule is CC1CCN(C(=O)C2(C)CCCC2)C(CN)C1. The van der Waals surface area contributed by atoms with Crippen LogP contribution < -0.4 is 5.73 Å². The summed E-state index contributed by atoms with van der Waals surface area (Å²) in [6, 6.07) is 0.281. The first-order chi connectivity index (χ1) is 8.07. The third kappa shape index (κ3) is 2.49. The van der Waals surface area contributed by atoms with Crippen molar-refractivity contribution >= 4 is 5.91 Å². The molecule has 0 radical (unpaired) electrons. The van der Waals surface area contributed by atoms with Crippen molar-refractivity contribution in [1.82, 2.24) is 4.90 Å². The molecule has 17 heavy (non-hydrogen) atoms. The summed E-state index contributed by atoms with van der Waals surface area (Å²) < 4.78 is 0. The van der Waals surface area contributed by atoms with Crippen molar-refractivity contribution in [3.63, 3.8) is 0 Å². The molecule has 2 rings (SSSR count). The zero-order valence-electron chi connectivity index (χ0n) is 11.2. The third-order valence-electron chi connectivity index (χ3n) is 4.73. The maximum absolute atomic E-state index is 12.7. The molecule has 1 aliphatic carbocycles. The van der Waals surface area contributed by atoms with E-state index in [1.165, 1.54) is 12.8 Å². The fourth-order valence-corrected chi connectivity index (χ4v) is 3.46. The molecule has 1 aliphatic heterocycles. The highest BCUT2D eigenvalue weighted by Crippen LogP contribution is 2.40. The van der Waals surface area contributed by atoms with E-state index in [-0.39, 0.29) is 11.5 Å². The lowest BCUT2D eigenvalue weighted by molar-refractivity contribution is -0.145. The van der Waals surface area contributed by atoms with Gasteiger partial charge in [0.2, 0.25) is 5.91 Å². The minimum atomic E-state index is -0.0893. The van der Waals surface area contributed by atoms with Gasteiger partial charge in [0, 0.05) is 24.5 Å². The summed E-state index contributed by atoms with van der Waals surface area (Å²) in [7, 11) is 0. The van der Waals surface area contributed by atoms with E-state index >= 15 is 0 Å². The summed E-state index contributed by atoms with van der Waals surface area (Å²) in [5, 5.41) is 0. The van der Waals surface area contributed by atoms with Gasteiger partial charge in [-0.3, -0.25) is 4.79 Å². The van der Waals surface area contributed by atoms with Crippen molar-refractivity contribution < 1.29 is 4.79 Å². The molecule has 2 fully saturated rings. The number of rotatable bonds is 2. The summed E-state index contributed by atoms with van der Waals surface area (Å²) in [4.78, 5) is 14.8. The molecular formula is C14H26N2O. The van der Waals surface area contributed by atoms with Crippen LogP contribution in [0.3, 0.4) is 0 Å². The predicted octanol–water partition coefficient (Wildman–Crippen LogP) is 2.15. The van der Waals surface area contributed by atoms with Gasteiger partial charge in [-0.1, -0.05) is 26.7 Å². The second-order valence-electron chi connectivity index (χ2n) is 6.29. The van der Waals surface area contributed by atoms with Gasteiger partial charge >= 0.3 is 0 Å². The molecule has 3 nitrogen and oxygen atoms in total. The lowest BCUT2D eigenvalue weighted by atomic mass is 9.84. The number of hydrogen-bond acceptors (Lipinski definition) is 2. The van der Waals surface area contributed by atoms with Crippen molar-refractivity contribution in [2.45, 2.75) is 58.4 Å². The Morgan fingerprint density at radius 1 is 1.41 bits per heavy atom. The van der Waals surface area contributed by atoms with Crippen LogP contribution in [0, 0.1) is 11.3 Å². The average Bonchev–Trinajstić information content (AvgIpc) is 2.76. The van der Waals surface area contributed by atoms with Crippen LogP contribution in [-0.2, 0) is 4.79 Å². The van der Waals surface area contributed by atoms with Crippen molar-refractivity contribution in [2.24, 2.45) is 17.1 Å². The summed E-state index contributed by atoms with van der Waals surface area (Å²) in [5.41, 5.74) is 5.75. The number of hydrogen-bond donors (Lipinski definition) is 1. The van der Waals surface area contributed by atoms with E-state index in [1.807, 2.05) is 0 Å². The van der Waals surface area contributed by atoms with Gasteiger partial charge in [-0.25, -0.2) is 0 Å². The zero-order chi connectivity index (χ0) is 12.5. The molecule has 0 spiro atoms. The van der Waals surface area contributed by atoms with E-state index in [0.29, 0.717) is 18.4 Å². The number of piperidine rings is 1. The smallest absolute Gasteiger partial charge is 0.228 e. The van der Waals surface area contributed by atoms with Crippen LogP contribution >= 0.6 is 0 Å². The molecule has 98 valence electrons. The van der Waals surface area contributed by atoms with Crippen molar-refractivity contribution in [3.8, 4) is 0 Å². The van der Waals surface area contributed by atoms with E-state index in [9.17, 15) is 4.79 Å². The van der Waals surface area contributed by atoms with Gasteiger partial charge in [0.15, 0.2) is 0 Å². The van der Waals surface area contributed by atoms with Crippen molar-refractivity contribution in [2.75, 3.05) is 13.1 Å². The summed E-state index contributed by atoms with van der Waals surface area (Å²) in [6.07, 6.45) is 6.76. The molecule has 0 aromatic heterocycles. The van der Waals surface area contributed by atoms with Gasteiger partial charge in [0.1, 0.15) is 0 Å². The summed E-state index contributed by atoms with van der Waals surface area (Å²) in [5.74, 6) is 1.08. The van der Waals surface area contributed by atoms with Crippen LogP contribution in [0.4, 0.5) is 0 Å². The molecule has 2 atom stereocenters. The second kappa shape index (κ2) is 4.97. The highest BCUT2D eigenvalue weighted by Gasteiger charge is 2.41. The Hall–Kier alpha value is -0.570. The Labute approximate surface area is 105 Å². The molecule has 1 saturated carbocycles. The summed E-state index contributed by atoms with van der Waals surface area (Å²) in [6.45, 7) is 5.94. The van der Waals surface area contributed by atoms with Gasteiger partial charge in [0.25, 0.3) is 0 Å². The van der Waals surface area contributed by atoms with E-state index in [4.69, 9.17) is 5.73 Å². The van der Waals surface area contributed by atoms with Crippen LogP contribution in [0.5, 0.6) is 0 Å². The number of nitrogens with two attached hydrogens (primary N) is 1. The molecule has 2 unspecified atom stereocenters. The van der Waals surface area contributed by atoms with Gasteiger partial charge in [-0.05, 0) is 31.6 Å². The van der Waals surface area contributed by atoms with E-state index in [2.05, 4.69) is 18.7 Å². The van der Waals surface area contributed by atoms with E-state index in [0.717, 1.165) is 32.2 Å². The highest BCUT2D eigenvalue weighted by molar-refractivity contribution is 5.83. The maximum atomic E-state index is 12.7. The molecule has 1 saturated heterocycles. The monoisotopic (exact) mass is 238 g/mol. The van der Waals surface area contributed by atoms with Crippen molar-refractivity contribution in [1.29, 1.82) is 0 Å². The van der Waals surface area contributed by atoms with Crippen molar-refractivity contribution in [3.05, 3.63) is 0 Å². The van der Waals surface area contributed by atoms with Gasteiger partial charge in [0.05, 0.1) is 0 Å². The fraction of sp³-hybridized carbons (Fsp3) is 0.929. The minimum absolute atomic E-state index is 0.0893. The largest absolute Gasteiger partial charge is 0.338 e. The third-order valence-corrected chi connectivity index (χ3v) is 4.73. The van der Waals surface area contributed by atoms with Crippen LogP contribution in [0.1, 0.15) is 52.4 Å². The molecule has 0 aromatic carbocycles. The number of amides is 1. The Kier molecular flexibility index (Phi) is 3.76.